The number of hydrogen-bond acceptors (Lipinski definition) is 5. The molecular formula is C12H23ClN4OS. The number of nitrogens with one attached hydrogen (secondary N) is 1. The number of nitrogens with zero attached hydrogens (tertiary/aromatic N) is 2. The molecule has 0 saturated heterocycles. The highest BCUT2D eigenvalue weighted by molar-refractivity contribution is 7.15. The highest BCUT2D eigenvalue weighted by Crippen LogP contribution is 2.27. The lowest BCUT2D eigenvalue weighted by molar-refractivity contribution is -0.117. The van der Waals surface area contributed by atoms with Crippen molar-refractivity contribution >= 4 is 34.8 Å². The summed E-state index contributed by atoms with van der Waals surface area (Å²) in [6.07, 6.45) is 0.663. The van der Waals surface area contributed by atoms with Gasteiger partial charge in [-0.3, -0.25) is 10.1 Å². The van der Waals surface area contributed by atoms with Gasteiger partial charge in [-0.15, -0.1) is 22.6 Å². The molecule has 7 heteroatoms. The number of aromatic nitrogens is 2. The Morgan fingerprint density at radius 1 is 1.37 bits per heavy atom. The Balaban J connectivity index is 0.00000324. The molecule has 1 amide bonds. The minimum absolute atomic E-state index is 0. The smallest absolute Gasteiger partial charge is 0.243 e. The molecule has 0 fully saturated rings. The van der Waals surface area contributed by atoms with Crippen LogP contribution in [-0.2, 0) is 10.2 Å². The van der Waals surface area contributed by atoms with Gasteiger partial charge in [0.05, 0.1) is 6.04 Å². The molecule has 1 heterocycles. The van der Waals surface area contributed by atoms with Crippen molar-refractivity contribution in [1.82, 2.24) is 10.2 Å². The Labute approximate surface area is 124 Å². The number of carbonyl (C=O) groups excluding carboxylic acids is 1. The van der Waals surface area contributed by atoms with Gasteiger partial charge in [0.2, 0.25) is 11.0 Å². The van der Waals surface area contributed by atoms with E-state index in [2.05, 4.69) is 36.3 Å². The van der Waals surface area contributed by atoms with E-state index in [1.165, 1.54) is 11.3 Å². The fourth-order valence-electron chi connectivity index (χ4n) is 1.39. The molecule has 19 heavy (non-hydrogen) atoms. The summed E-state index contributed by atoms with van der Waals surface area (Å²) in [5.41, 5.74) is 5.75. The Kier molecular flexibility index (Phi) is 6.89. The third-order valence-corrected chi connectivity index (χ3v) is 3.62. The van der Waals surface area contributed by atoms with Gasteiger partial charge in [-0.25, -0.2) is 0 Å². The fraction of sp³-hybridized carbons (Fsp3) is 0.750. The summed E-state index contributed by atoms with van der Waals surface area (Å²) >= 11 is 1.39. The third kappa shape index (κ3) is 5.84. The highest BCUT2D eigenvalue weighted by atomic mass is 35.5. The highest BCUT2D eigenvalue weighted by Gasteiger charge is 2.21. The number of carbonyl (C=O) groups is 1. The lowest BCUT2D eigenvalue weighted by Crippen LogP contribution is -2.36. The molecule has 3 N–H and O–H groups in total. The van der Waals surface area contributed by atoms with E-state index in [-0.39, 0.29) is 23.7 Å². The summed E-state index contributed by atoms with van der Waals surface area (Å²) in [5, 5.41) is 12.2. The topological polar surface area (TPSA) is 80.9 Å². The van der Waals surface area contributed by atoms with Gasteiger partial charge in [0.15, 0.2) is 0 Å². The van der Waals surface area contributed by atoms with E-state index in [9.17, 15) is 4.79 Å². The van der Waals surface area contributed by atoms with Crippen molar-refractivity contribution in [2.24, 2.45) is 11.7 Å². The van der Waals surface area contributed by atoms with Crippen molar-refractivity contribution < 1.29 is 4.79 Å². The maximum Gasteiger partial charge on any atom is 0.243 e. The van der Waals surface area contributed by atoms with Gasteiger partial charge in [0.1, 0.15) is 5.01 Å². The summed E-state index contributed by atoms with van der Waals surface area (Å²) in [6, 6.07) is -0.494. The number of anilines is 1. The van der Waals surface area contributed by atoms with E-state index in [0.29, 0.717) is 17.5 Å². The molecule has 0 unspecified atom stereocenters. The Hall–Kier alpha value is -0.720. The molecule has 1 atom stereocenters. The van der Waals surface area contributed by atoms with E-state index >= 15 is 0 Å². The van der Waals surface area contributed by atoms with E-state index in [1.807, 2.05) is 13.8 Å². The lowest BCUT2D eigenvalue weighted by atomic mass is 9.98. The molecule has 5 nitrogen and oxygen atoms in total. The Bertz CT molecular complexity index is 414. The van der Waals surface area contributed by atoms with Crippen molar-refractivity contribution in [1.29, 1.82) is 0 Å². The minimum atomic E-state index is -0.494. The molecule has 1 aromatic heterocycles. The quantitative estimate of drug-likeness (QED) is 0.896. The van der Waals surface area contributed by atoms with Gasteiger partial charge < -0.3 is 5.73 Å². The number of amides is 1. The van der Waals surface area contributed by atoms with E-state index in [1.54, 1.807) is 0 Å². The number of rotatable bonds is 4. The summed E-state index contributed by atoms with van der Waals surface area (Å²) in [5.74, 6) is 0.200. The van der Waals surface area contributed by atoms with Crippen LogP contribution in [0.25, 0.3) is 0 Å². The van der Waals surface area contributed by atoms with Crippen molar-refractivity contribution in [2.75, 3.05) is 5.32 Å². The van der Waals surface area contributed by atoms with Crippen LogP contribution in [0, 0.1) is 5.92 Å². The normalized spacial score (nSPS) is 13.0. The second kappa shape index (κ2) is 7.17. The van der Waals surface area contributed by atoms with E-state index in [4.69, 9.17) is 5.73 Å². The van der Waals surface area contributed by atoms with Crippen LogP contribution in [0.15, 0.2) is 0 Å². The van der Waals surface area contributed by atoms with Crippen LogP contribution >= 0.6 is 23.7 Å². The first-order valence-electron chi connectivity index (χ1n) is 6.10. The predicted molar refractivity (Wildman–Crippen MR) is 81.9 cm³/mol. The van der Waals surface area contributed by atoms with E-state index in [0.717, 1.165) is 5.01 Å². The number of hydrogen-bond donors (Lipinski definition) is 2. The summed E-state index contributed by atoms with van der Waals surface area (Å²) in [6.45, 7) is 10.3. The first kappa shape index (κ1) is 18.3. The number of halogens is 1. The van der Waals surface area contributed by atoms with Crippen molar-refractivity contribution in [3.8, 4) is 0 Å². The van der Waals surface area contributed by atoms with Crippen molar-refractivity contribution in [3.05, 3.63) is 5.01 Å². The molecule has 0 aliphatic heterocycles. The molecule has 0 radical (unpaired) electrons. The van der Waals surface area contributed by atoms with Crippen LogP contribution in [-0.4, -0.2) is 22.1 Å². The first-order valence-corrected chi connectivity index (χ1v) is 6.92. The largest absolute Gasteiger partial charge is 0.320 e. The first-order chi connectivity index (χ1) is 8.20. The third-order valence-electron chi connectivity index (χ3n) is 2.36. The predicted octanol–water partition coefficient (Wildman–Crippen LogP) is 2.57. The van der Waals surface area contributed by atoms with Crippen LogP contribution in [0.1, 0.15) is 46.0 Å². The van der Waals surface area contributed by atoms with Gasteiger partial charge in [0, 0.05) is 5.41 Å². The second-order valence-electron chi connectivity index (χ2n) is 5.89. The van der Waals surface area contributed by atoms with Gasteiger partial charge in [-0.05, 0) is 12.3 Å². The maximum absolute atomic E-state index is 11.8. The van der Waals surface area contributed by atoms with Crippen molar-refractivity contribution in [3.63, 3.8) is 0 Å². The Morgan fingerprint density at radius 2 is 1.95 bits per heavy atom. The molecule has 0 saturated carbocycles. The zero-order chi connectivity index (χ0) is 13.9. The van der Waals surface area contributed by atoms with Crippen LogP contribution < -0.4 is 11.1 Å². The van der Waals surface area contributed by atoms with E-state index < -0.39 is 6.04 Å². The van der Waals surface area contributed by atoms with Crippen LogP contribution in [0.3, 0.4) is 0 Å². The molecular weight excluding hydrogens is 284 g/mol. The molecule has 0 aromatic carbocycles. The summed E-state index contributed by atoms with van der Waals surface area (Å²) in [4.78, 5) is 11.8. The SMILES string of the molecule is CC(C)C[C@H](N)C(=O)Nc1nnc(C(C)(C)C)s1.Cl. The molecule has 110 valence electrons. The molecule has 1 rings (SSSR count). The molecule has 0 aliphatic carbocycles. The average Bonchev–Trinajstić information content (AvgIpc) is 2.64. The van der Waals surface area contributed by atoms with Crippen LogP contribution in [0.2, 0.25) is 0 Å². The standard InChI is InChI=1S/C12H22N4OS.ClH/c1-7(2)6-8(13)9(17)14-11-16-15-10(18-11)12(3,4)5;/h7-8H,6,13H2,1-5H3,(H,14,16,17);1H/t8-;/m0./s1. The monoisotopic (exact) mass is 306 g/mol. The fourth-order valence-corrected chi connectivity index (χ4v) is 2.19. The van der Waals surface area contributed by atoms with Crippen LogP contribution in [0.5, 0.6) is 0 Å². The maximum atomic E-state index is 11.8. The van der Waals surface area contributed by atoms with Gasteiger partial charge in [-0.2, -0.15) is 0 Å². The van der Waals surface area contributed by atoms with Gasteiger partial charge >= 0.3 is 0 Å². The number of nitrogens with two attached hydrogens (primary N) is 1. The summed E-state index contributed by atoms with van der Waals surface area (Å²) < 4.78 is 0. The van der Waals surface area contributed by atoms with Crippen LogP contribution in [0.4, 0.5) is 5.13 Å². The lowest BCUT2D eigenvalue weighted by Gasteiger charge is -2.13. The molecule has 0 spiro atoms. The minimum Gasteiger partial charge on any atom is -0.320 e. The van der Waals surface area contributed by atoms with Gasteiger partial charge in [0.25, 0.3) is 0 Å². The Morgan fingerprint density at radius 3 is 2.37 bits per heavy atom. The zero-order valence-corrected chi connectivity index (χ0v) is 13.7. The average molecular weight is 307 g/mol. The molecule has 0 aliphatic rings. The molecule has 1 aromatic rings. The second-order valence-corrected chi connectivity index (χ2v) is 6.87. The zero-order valence-electron chi connectivity index (χ0n) is 12.1. The summed E-state index contributed by atoms with van der Waals surface area (Å²) in [7, 11) is 0. The van der Waals surface area contributed by atoms with Crippen molar-refractivity contribution in [2.45, 2.75) is 52.5 Å². The molecule has 0 bridgehead atoms. The van der Waals surface area contributed by atoms with Gasteiger partial charge in [-0.1, -0.05) is 46.0 Å².